The summed E-state index contributed by atoms with van der Waals surface area (Å²) in [6.07, 6.45) is 1.04. The molecule has 2 aromatic rings. The molecule has 2 heterocycles. The number of nitrogens with zero attached hydrogens (tertiary/aromatic N) is 3. The van der Waals surface area contributed by atoms with Crippen molar-refractivity contribution in [2.24, 2.45) is 0 Å². The van der Waals surface area contributed by atoms with Crippen molar-refractivity contribution in [1.29, 1.82) is 0 Å². The van der Waals surface area contributed by atoms with Crippen LogP contribution in [-0.2, 0) is 6.54 Å². The summed E-state index contributed by atoms with van der Waals surface area (Å²) in [5.74, 6) is 1.24. The summed E-state index contributed by atoms with van der Waals surface area (Å²) in [4.78, 5) is 7.46. The Labute approximate surface area is 110 Å². The second-order valence-corrected chi connectivity index (χ2v) is 4.94. The third kappa shape index (κ3) is 3.38. The second-order valence-electron chi connectivity index (χ2n) is 3.99. The molecular weight excluding hydrogens is 250 g/mol. The van der Waals surface area contributed by atoms with E-state index in [9.17, 15) is 0 Å². The number of hydrogen-bond acceptors (Lipinski definition) is 6. The molecule has 2 aromatic heterocycles. The van der Waals surface area contributed by atoms with Crippen LogP contribution in [0.25, 0.3) is 10.8 Å². The van der Waals surface area contributed by atoms with Crippen LogP contribution in [0.2, 0.25) is 0 Å². The zero-order chi connectivity index (χ0) is 12.8. The first-order chi connectivity index (χ1) is 8.83. The van der Waals surface area contributed by atoms with Gasteiger partial charge in [0.25, 0.3) is 5.89 Å². The third-order valence-electron chi connectivity index (χ3n) is 2.52. The fourth-order valence-corrected chi connectivity index (χ4v) is 2.39. The van der Waals surface area contributed by atoms with Gasteiger partial charge in [-0.2, -0.15) is 4.98 Å². The summed E-state index contributed by atoms with van der Waals surface area (Å²) in [5.41, 5.74) is 0. The third-order valence-corrected chi connectivity index (χ3v) is 3.38. The van der Waals surface area contributed by atoms with Gasteiger partial charge < -0.3 is 9.63 Å². The summed E-state index contributed by atoms with van der Waals surface area (Å²) >= 11 is 1.58. The highest BCUT2D eigenvalue weighted by atomic mass is 32.1. The number of hydrogen-bond donors (Lipinski definition) is 1. The molecule has 0 spiro atoms. The predicted octanol–water partition coefficient (Wildman–Crippen LogP) is 2.00. The van der Waals surface area contributed by atoms with Crippen LogP contribution >= 0.6 is 11.3 Å². The Morgan fingerprint density at radius 1 is 1.44 bits per heavy atom. The molecule has 0 atom stereocenters. The molecule has 0 saturated carbocycles. The Morgan fingerprint density at radius 3 is 3.00 bits per heavy atom. The number of rotatable bonds is 7. The van der Waals surface area contributed by atoms with Gasteiger partial charge in [-0.1, -0.05) is 18.1 Å². The van der Waals surface area contributed by atoms with Gasteiger partial charge in [-0.05, 0) is 24.4 Å². The Morgan fingerprint density at radius 2 is 2.33 bits per heavy atom. The fraction of sp³-hybridized carbons (Fsp3) is 0.500. The number of thiophene rings is 1. The number of aliphatic hydroxyl groups is 1. The Hall–Kier alpha value is -1.24. The SMILES string of the molecule is CCCN(CCO)Cc1noc(-c2cccs2)n1. The van der Waals surface area contributed by atoms with E-state index in [1.165, 1.54) is 0 Å². The van der Waals surface area contributed by atoms with Crippen molar-refractivity contribution in [3.05, 3.63) is 23.3 Å². The van der Waals surface area contributed by atoms with Gasteiger partial charge in [0.2, 0.25) is 0 Å². The smallest absolute Gasteiger partial charge is 0.268 e. The average molecular weight is 267 g/mol. The molecule has 98 valence electrons. The lowest BCUT2D eigenvalue weighted by atomic mass is 10.4. The van der Waals surface area contributed by atoms with Crippen molar-refractivity contribution in [3.8, 4) is 10.8 Å². The quantitative estimate of drug-likeness (QED) is 0.831. The van der Waals surface area contributed by atoms with Gasteiger partial charge in [0, 0.05) is 6.54 Å². The fourth-order valence-electron chi connectivity index (χ4n) is 1.75. The Kier molecular flexibility index (Phi) is 4.86. The lowest BCUT2D eigenvalue weighted by Gasteiger charge is -2.17. The molecule has 0 aromatic carbocycles. The first kappa shape index (κ1) is 13.2. The van der Waals surface area contributed by atoms with E-state index in [4.69, 9.17) is 9.63 Å². The standard InChI is InChI=1S/C12H17N3O2S/c1-2-5-15(6-7-16)9-11-13-12(17-14-11)10-4-3-8-18-10/h3-4,8,16H,2,5-7,9H2,1H3. The molecule has 18 heavy (non-hydrogen) atoms. The average Bonchev–Trinajstić information content (AvgIpc) is 2.98. The van der Waals surface area contributed by atoms with Crippen molar-refractivity contribution in [2.75, 3.05) is 19.7 Å². The summed E-state index contributed by atoms with van der Waals surface area (Å²) in [5, 5.41) is 14.9. The molecule has 0 aliphatic rings. The predicted molar refractivity (Wildman–Crippen MR) is 70.3 cm³/mol. The maximum Gasteiger partial charge on any atom is 0.268 e. The van der Waals surface area contributed by atoms with Gasteiger partial charge in [-0.25, -0.2) is 0 Å². The lowest BCUT2D eigenvalue weighted by Crippen LogP contribution is -2.27. The minimum Gasteiger partial charge on any atom is -0.395 e. The molecule has 0 saturated heterocycles. The molecule has 0 unspecified atom stereocenters. The van der Waals surface area contributed by atoms with Gasteiger partial charge in [0.15, 0.2) is 5.82 Å². The first-order valence-corrected chi connectivity index (χ1v) is 6.91. The molecule has 2 rings (SSSR count). The second kappa shape index (κ2) is 6.63. The van der Waals surface area contributed by atoms with Crippen LogP contribution in [0.15, 0.2) is 22.0 Å². The van der Waals surface area contributed by atoms with Crippen molar-refractivity contribution in [2.45, 2.75) is 19.9 Å². The summed E-state index contributed by atoms with van der Waals surface area (Å²) in [7, 11) is 0. The van der Waals surface area contributed by atoms with Crippen LogP contribution < -0.4 is 0 Å². The normalized spacial score (nSPS) is 11.3. The maximum absolute atomic E-state index is 8.99. The maximum atomic E-state index is 8.99. The molecule has 6 heteroatoms. The first-order valence-electron chi connectivity index (χ1n) is 6.03. The molecular formula is C12H17N3O2S. The number of aliphatic hydroxyl groups excluding tert-OH is 1. The van der Waals surface area contributed by atoms with Crippen LogP contribution in [0, 0.1) is 0 Å². The van der Waals surface area contributed by atoms with Gasteiger partial charge >= 0.3 is 0 Å². The molecule has 0 bridgehead atoms. The van der Waals surface area contributed by atoms with Crippen LogP contribution in [0.5, 0.6) is 0 Å². The molecule has 0 amide bonds. The largest absolute Gasteiger partial charge is 0.395 e. The Bertz CT molecular complexity index is 450. The van der Waals surface area contributed by atoms with Crippen LogP contribution in [0.4, 0.5) is 0 Å². The van der Waals surface area contributed by atoms with E-state index in [1.54, 1.807) is 11.3 Å². The van der Waals surface area contributed by atoms with E-state index in [0.717, 1.165) is 17.8 Å². The molecule has 5 nitrogen and oxygen atoms in total. The summed E-state index contributed by atoms with van der Waals surface area (Å²) in [6.45, 7) is 4.43. The van der Waals surface area contributed by atoms with E-state index in [-0.39, 0.29) is 6.61 Å². The minimum atomic E-state index is 0.148. The lowest BCUT2D eigenvalue weighted by molar-refractivity contribution is 0.186. The van der Waals surface area contributed by atoms with Crippen molar-refractivity contribution in [3.63, 3.8) is 0 Å². The minimum absolute atomic E-state index is 0.148. The van der Waals surface area contributed by atoms with Gasteiger partial charge in [0.05, 0.1) is 18.0 Å². The van der Waals surface area contributed by atoms with Crippen LogP contribution in [0.1, 0.15) is 19.2 Å². The zero-order valence-corrected chi connectivity index (χ0v) is 11.2. The van der Waals surface area contributed by atoms with E-state index in [2.05, 4.69) is 22.0 Å². The Balaban J connectivity index is 2.01. The highest BCUT2D eigenvalue weighted by Crippen LogP contribution is 2.22. The van der Waals surface area contributed by atoms with E-state index >= 15 is 0 Å². The van der Waals surface area contributed by atoms with Crippen molar-refractivity contribution in [1.82, 2.24) is 15.0 Å². The van der Waals surface area contributed by atoms with Gasteiger partial charge in [-0.15, -0.1) is 11.3 Å². The van der Waals surface area contributed by atoms with Gasteiger partial charge in [0.1, 0.15) is 0 Å². The van der Waals surface area contributed by atoms with E-state index in [0.29, 0.717) is 24.8 Å². The summed E-state index contributed by atoms with van der Waals surface area (Å²) < 4.78 is 5.23. The molecule has 1 N–H and O–H groups in total. The van der Waals surface area contributed by atoms with E-state index < -0.39 is 0 Å². The zero-order valence-electron chi connectivity index (χ0n) is 10.4. The molecule has 0 aliphatic carbocycles. The summed E-state index contributed by atoms with van der Waals surface area (Å²) in [6, 6.07) is 3.92. The van der Waals surface area contributed by atoms with E-state index in [1.807, 2.05) is 17.5 Å². The van der Waals surface area contributed by atoms with Gasteiger partial charge in [-0.3, -0.25) is 4.90 Å². The van der Waals surface area contributed by atoms with Crippen molar-refractivity contribution >= 4 is 11.3 Å². The molecule has 0 fully saturated rings. The topological polar surface area (TPSA) is 62.4 Å². The highest BCUT2D eigenvalue weighted by Gasteiger charge is 2.12. The van der Waals surface area contributed by atoms with Crippen LogP contribution in [-0.4, -0.2) is 39.8 Å². The van der Waals surface area contributed by atoms with Crippen LogP contribution in [0.3, 0.4) is 0 Å². The number of aromatic nitrogens is 2. The monoisotopic (exact) mass is 267 g/mol. The molecule has 0 aliphatic heterocycles. The van der Waals surface area contributed by atoms with Crippen molar-refractivity contribution < 1.29 is 9.63 Å². The molecule has 0 radical (unpaired) electrons. The highest BCUT2D eigenvalue weighted by molar-refractivity contribution is 7.13.